The quantitative estimate of drug-likeness (QED) is 0.800. The van der Waals surface area contributed by atoms with Crippen LogP contribution in [0.1, 0.15) is 40.5 Å². The first-order chi connectivity index (χ1) is 8.66. The highest BCUT2D eigenvalue weighted by molar-refractivity contribution is 7.87. The van der Waals surface area contributed by atoms with Crippen LogP contribution in [0.3, 0.4) is 0 Å². The first-order valence-corrected chi connectivity index (χ1v) is 8.46. The molecule has 1 heterocycles. The van der Waals surface area contributed by atoms with Crippen LogP contribution in [0.15, 0.2) is 0 Å². The SMILES string of the molecule is CC(CNS(=O)(=O)N1CCC(CO)CC1)C(C)(C)C. The van der Waals surface area contributed by atoms with Gasteiger partial charge in [-0.25, -0.2) is 4.72 Å². The molecule has 1 rings (SSSR count). The highest BCUT2D eigenvalue weighted by atomic mass is 32.2. The van der Waals surface area contributed by atoms with Crippen LogP contribution in [-0.4, -0.2) is 44.1 Å². The van der Waals surface area contributed by atoms with Gasteiger partial charge in [0.1, 0.15) is 0 Å². The lowest BCUT2D eigenvalue weighted by molar-refractivity contribution is 0.169. The average molecular weight is 292 g/mol. The van der Waals surface area contributed by atoms with Gasteiger partial charge in [0, 0.05) is 26.2 Å². The second-order valence-electron chi connectivity index (χ2n) is 6.65. The number of hydrogen-bond donors (Lipinski definition) is 2. The number of aliphatic hydroxyl groups is 1. The average Bonchev–Trinajstić information content (AvgIpc) is 2.35. The van der Waals surface area contributed by atoms with Crippen molar-refractivity contribution in [3.8, 4) is 0 Å². The van der Waals surface area contributed by atoms with Crippen molar-refractivity contribution in [3.63, 3.8) is 0 Å². The number of aliphatic hydroxyl groups excluding tert-OH is 1. The molecule has 0 bridgehead atoms. The van der Waals surface area contributed by atoms with Crippen LogP contribution in [0, 0.1) is 17.3 Å². The van der Waals surface area contributed by atoms with Crippen LogP contribution >= 0.6 is 0 Å². The van der Waals surface area contributed by atoms with Gasteiger partial charge in [-0.05, 0) is 30.1 Å². The van der Waals surface area contributed by atoms with Gasteiger partial charge >= 0.3 is 0 Å². The molecular formula is C13H28N2O3S. The van der Waals surface area contributed by atoms with Crippen LogP contribution in [-0.2, 0) is 10.2 Å². The van der Waals surface area contributed by atoms with E-state index in [4.69, 9.17) is 5.11 Å². The van der Waals surface area contributed by atoms with Crippen molar-refractivity contribution >= 4 is 10.2 Å². The van der Waals surface area contributed by atoms with Gasteiger partial charge in [-0.15, -0.1) is 0 Å². The Balaban J connectivity index is 2.49. The fraction of sp³-hybridized carbons (Fsp3) is 1.00. The lowest BCUT2D eigenvalue weighted by Gasteiger charge is -2.32. The minimum atomic E-state index is -3.37. The maximum atomic E-state index is 12.2. The van der Waals surface area contributed by atoms with Crippen molar-refractivity contribution in [1.82, 2.24) is 9.03 Å². The summed E-state index contributed by atoms with van der Waals surface area (Å²) in [4.78, 5) is 0. The third-order valence-electron chi connectivity index (χ3n) is 4.22. The Bertz CT molecular complexity index is 368. The van der Waals surface area contributed by atoms with Crippen molar-refractivity contribution < 1.29 is 13.5 Å². The van der Waals surface area contributed by atoms with E-state index in [1.807, 2.05) is 0 Å². The monoisotopic (exact) mass is 292 g/mol. The van der Waals surface area contributed by atoms with Crippen LogP contribution in [0.25, 0.3) is 0 Å². The van der Waals surface area contributed by atoms with Gasteiger partial charge < -0.3 is 5.11 Å². The number of piperidine rings is 1. The lowest BCUT2D eigenvalue weighted by atomic mass is 9.82. The van der Waals surface area contributed by atoms with E-state index in [0.29, 0.717) is 19.6 Å². The van der Waals surface area contributed by atoms with Gasteiger partial charge in [-0.1, -0.05) is 27.7 Å². The fourth-order valence-electron chi connectivity index (χ4n) is 1.96. The van der Waals surface area contributed by atoms with Crippen molar-refractivity contribution in [1.29, 1.82) is 0 Å². The van der Waals surface area contributed by atoms with Crippen molar-refractivity contribution in [3.05, 3.63) is 0 Å². The molecule has 1 fully saturated rings. The van der Waals surface area contributed by atoms with E-state index in [-0.39, 0.29) is 23.9 Å². The number of rotatable bonds is 5. The molecule has 6 heteroatoms. The number of nitrogens with zero attached hydrogens (tertiary/aromatic N) is 1. The molecule has 0 saturated carbocycles. The van der Waals surface area contributed by atoms with E-state index in [2.05, 4.69) is 32.4 Å². The smallest absolute Gasteiger partial charge is 0.279 e. The van der Waals surface area contributed by atoms with E-state index < -0.39 is 10.2 Å². The van der Waals surface area contributed by atoms with Crippen LogP contribution < -0.4 is 4.72 Å². The molecule has 1 atom stereocenters. The van der Waals surface area contributed by atoms with E-state index in [9.17, 15) is 8.42 Å². The summed E-state index contributed by atoms with van der Waals surface area (Å²) in [7, 11) is -3.37. The van der Waals surface area contributed by atoms with Crippen LogP contribution in [0.4, 0.5) is 0 Å². The molecule has 0 aromatic rings. The molecule has 1 unspecified atom stereocenters. The normalized spacial score (nSPS) is 21.5. The van der Waals surface area contributed by atoms with Crippen molar-refractivity contribution in [2.75, 3.05) is 26.2 Å². The summed E-state index contributed by atoms with van der Waals surface area (Å²) < 4.78 is 28.5. The predicted octanol–water partition coefficient (Wildman–Crippen LogP) is 1.21. The zero-order valence-corrected chi connectivity index (χ0v) is 13.3. The molecule has 1 aliphatic heterocycles. The summed E-state index contributed by atoms with van der Waals surface area (Å²) in [5.74, 6) is 0.525. The summed E-state index contributed by atoms with van der Waals surface area (Å²) in [5.41, 5.74) is 0.0897. The highest BCUT2D eigenvalue weighted by Crippen LogP contribution is 2.25. The molecule has 1 saturated heterocycles. The standard InChI is InChI=1S/C13H28N2O3S/c1-11(13(2,3)4)9-14-19(17,18)15-7-5-12(10-16)6-8-15/h11-12,14,16H,5-10H2,1-4H3. The van der Waals surface area contributed by atoms with Crippen LogP contribution in [0.2, 0.25) is 0 Å². The summed E-state index contributed by atoms with van der Waals surface area (Å²) in [6.45, 7) is 10.0. The Morgan fingerprint density at radius 3 is 2.26 bits per heavy atom. The lowest BCUT2D eigenvalue weighted by Crippen LogP contribution is -2.47. The molecule has 2 N–H and O–H groups in total. The molecule has 5 nitrogen and oxygen atoms in total. The van der Waals surface area contributed by atoms with Gasteiger partial charge in [-0.2, -0.15) is 12.7 Å². The maximum absolute atomic E-state index is 12.2. The molecular weight excluding hydrogens is 264 g/mol. The van der Waals surface area contributed by atoms with Gasteiger partial charge in [0.25, 0.3) is 10.2 Å². The minimum absolute atomic E-state index is 0.0897. The largest absolute Gasteiger partial charge is 0.396 e. The summed E-state index contributed by atoms with van der Waals surface area (Å²) in [6, 6.07) is 0. The summed E-state index contributed by atoms with van der Waals surface area (Å²) >= 11 is 0. The number of nitrogens with one attached hydrogen (secondary N) is 1. The molecule has 0 aliphatic carbocycles. The van der Waals surface area contributed by atoms with Gasteiger partial charge in [0.05, 0.1) is 0 Å². The zero-order valence-electron chi connectivity index (χ0n) is 12.5. The van der Waals surface area contributed by atoms with E-state index >= 15 is 0 Å². The Kier molecular flexibility index (Phi) is 5.79. The first-order valence-electron chi connectivity index (χ1n) is 7.02. The third kappa shape index (κ3) is 5.02. The van der Waals surface area contributed by atoms with E-state index in [1.54, 1.807) is 0 Å². The molecule has 0 radical (unpaired) electrons. The summed E-state index contributed by atoms with van der Waals surface area (Å²) in [6.07, 6.45) is 1.48. The Morgan fingerprint density at radius 1 is 1.32 bits per heavy atom. The molecule has 19 heavy (non-hydrogen) atoms. The first kappa shape index (κ1) is 16.9. The maximum Gasteiger partial charge on any atom is 0.279 e. The molecule has 0 amide bonds. The zero-order chi connectivity index (χ0) is 14.7. The van der Waals surface area contributed by atoms with E-state index in [1.165, 1.54) is 4.31 Å². The van der Waals surface area contributed by atoms with Crippen molar-refractivity contribution in [2.45, 2.75) is 40.5 Å². The summed E-state index contributed by atoms with van der Waals surface area (Å²) in [5, 5.41) is 9.06. The Hall–Kier alpha value is -0.170. The molecule has 114 valence electrons. The van der Waals surface area contributed by atoms with Gasteiger partial charge in [0.2, 0.25) is 0 Å². The number of hydrogen-bond acceptors (Lipinski definition) is 3. The van der Waals surface area contributed by atoms with Gasteiger partial charge in [0.15, 0.2) is 0 Å². The molecule has 0 spiro atoms. The third-order valence-corrected chi connectivity index (χ3v) is 5.80. The Labute approximate surface area is 117 Å². The Morgan fingerprint density at radius 2 is 1.84 bits per heavy atom. The van der Waals surface area contributed by atoms with E-state index in [0.717, 1.165) is 12.8 Å². The molecule has 1 aliphatic rings. The minimum Gasteiger partial charge on any atom is -0.396 e. The fourth-order valence-corrected chi connectivity index (χ4v) is 3.29. The van der Waals surface area contributed by atoms with Crippen molar-refractivity contribution in [2.24, 2.45) is 17.3 Å². The second kappa shape index (κ2) is 6.52. The van der Waals surface area contributed by atoms with Gasteiger partial charge in [-0.3, -0.25) is 0 Å². The topological polar surface area (TPSA) is 69.6 Å². The molecule has 0 aromatic carbocycles. The second-order valence-corrected chi connectivity index (χ2v) is 8.40. The predicted molar refractivity (Wildman–Crippen MR) is 76.9 cm³/mol. The highest BCUT2D eigenvalue weighted by Gasteiger charge is 2.29. The molecule has 0 aromatic heterocycles. The van der Waals surface area contributed by atoms with Crippen LogP contribution in [0.5, 0.6) is 0 Å².